The smallest absolute Gasteiger partial charge is 0.255 e. The molecule has 0 aliphatic carbocycles. The lowest BCUT2D eigenvalue weighted by atomic mass is 10.2. The van der Waals surface area contributed by atoms with E-state index >= 15 is 0 Å². The summed E-state index contributed by atoms with van der Waals surface area (Å²) in [6, 6.07) is 3.66. The van der Waals surface area contributed by atoms with Crippen LogP contribution in [0.1, 0.15) is 23.7 Å². The molecule has 1 amide bonds. The van der Waals surface area contributed by atoms with Crippen molar-refractivity contribution in [3.8, 4) is 0 Å². The standard InChI is InChI=1S/C13H19N3O2/c1-2-14-12-5-4-11(10-15-12)13(17)16-6-3-8-18-9-7-16/h4-5,10H,2-3,6-9H2,1H3,(H,14,15). The minimum absolute atomic E-state index is 0.0380. The van der Waals surface area contributed by atoms with Gasteiger partial charge in [0.05, 0.1) is 12.2 Å². The van der Waals surface area contributed by atoms with Crippen molar-refractivity contribution in [3.63, 3.8) is 0 Å². The van der Waals surface area contributed by atoms with E-state index in [2.05, 4.69) is 10.3 Å². The van der Waals surface area contributed by atoms with Crippen LogP contribution in [0.4, 0.5) is 5.82 Å². The molecule has 0 saturated carbocycles. The lowest BCUT2D eigenvalue weighted by molar-refractivity contribution is 0.0741. The topological polar surface area (TPSA) is 54.5 Å². The van der Waals surface area contributed by atoms with E-state index < -0.39 is 0 Å². The Labute approximate surface area is 107 Å². The molecule has 0 unspecified atom stereocenters. The fourth-order valence-corrected chi connectivity index (χ4v) is 1.94. The van der Waals surface area contributed by atoms with Gasteiger partial charge in [0.15, 0.2) is 0 Å². The van der Waals surface area contributed by atoms with E-state index in [9.17, 15) is 4.79 Å². The first-order valence-corrected chi connectivity index (χ1v) is 6.38. The van der Waals surface area contributed by atoms with Crippen LogP contribution in [0.5, 0.6) is 0 Å². The van der Waals surface area contributed by atoms with Crippen molar-refractivity contribution in [2.75, 3.05) is 38.2 Å². The SMILES string of the molecule is CCNc1ccc(C(=O)N2CCCOCC2)cn1. The molecular weight excluding hydrogens is 230 g/mol. The van der Waals surface area contributed by atoms with Gasteiger partial charge in [-0.1, -0.05) is 0 Å². The van der Waals surface area contributed by atoms with Crippen LogP contribution in [-0.2, 0) is 4.74 Å². The van der Waals surface area contributed by atoms with Gasteiger partial charge < -0.3 is 15.0 Å². The Kier molecular flexibility index (Phi) is 4.52. The minimum Gasteiger partial charge on any atom is -0.380 e. The van der Waals surface area contributed by atoms with Crippen LogP contribution < -0.4 is 5.32 Å². The van der Waals surface area contributed by atoms with Gasteiger partial charge in [0.1, 0.15) is 5.82 Å². The van der Waals surface area contributed by atoms with E-state index in [4.69, 9.17) is 4.74 Å². The maximum atomic E-state index is 12.2. The van der Waals surface area contributed by atoms with E-state index in [0.717, 1.165) is 31.9 Å². The van der Waals surface area contributed by atoms with Gasteiger partial charge in [0.25, 0.3) is 5.91 Å². The van der Waals surface area contributed by atoms with Crippen molar-refractivity contribution < 1.29 is 9.53 Å². The molecule has 0 radical (unpaired) electrons. The van der Waals surface area contributed by atoms with Crippen LogP contribution >= 0.6 is 0 Å². The van der Waals surface area contributed by atoms with E-state index in [-0.39, 0.29) is 5.91 Å². The Bertz CT molecular complexity index is 384. The molecule has 1 aromatic heterocycles. The molecular formula is C13H19N3O2. The van der Waals surface area contributed by atoms with Crippen LogP contribution in [0.2, 0.25) is 0 Å². The average molecular weight is 249 g/mol. The zero-order valence-electron chi connectivity index (χ0n) is 10.7. The van der Waals surface area contributed by atoms with Gasteiger partial charge in [-0.25, -0.2) is 4.98 Å². The Morgan fingerprint density at radius 1 is 1.44 bits per heavy atom. The number of carbonyl (C=O) groups is 1. The summed E-state index contributed by atoms with van der Waals surface area (Å²) >= 11 is 0. The molecule has 1 aromatic rings. The number of anilines is 1. The Hall–Kier alpha value is -1.62. The molecule has 98 valence electrons. The van der Waals surface area contributed by atoms with Gasteiger partial charge >= 0.3 is 0 Å². The average Bonchev–Trinajstić information content (AvgIpc) is 2.68. The molecule has 5 nitrogen and oxygen atoms in total. The van der Waals surface area contributed by atoms with Gasteiger partial charge in [-0.2, -0.15) is 0 Å². The first-order chi connectivity index (χ1) is 8.81. The molecule has 0 atom stereocenters. The number of ether oxygens (including phenoxy) is 1. The lowest BCUT2D eigenvalue weighted by Gasteiger charge is -2.19. The molecule has 1 N–H and O–H groups in total. The van der Waals surface area contributed by atoms with Crippen LogP contribution in [0.15, 0.2) is 18.3 Å². The number of amides is 1. The van der Waals surface area contributed by atoms with Crippen LogP contribution in [0, 0.1) is 0 Å². The number of carbonyl (C=O) groups excluding carboxylic acids is 1. The number of nitrogens with one attached hydrogen (secondary N) is 1. The molecule has 1 aliphatic heterocycles. The largest absolute Gasteiger partial charge is 0.380 e. The number of aromatic nitrogens is 1. The first-order valence-electron chi connectivity index (χ1n) is 6.38. The molecule has 5 heteroatoms. The van der Waals surface area contributed by atoms with Crippen molar-refractivity contribution in [1.82, 2.24) is 9.88 Å². The third-order valence-electron chi connectivity index (χ3n) is 2.88. The predicted octanol–water partition coefficient (Wildman–Crippen LogP) is 1.38. The number of rotatable bonds is 3. The van der Waals surface area contributed by atoms with Gasteiger partial charge in [0, 0.05) is 32.4 Å². The monoisotopic (exact) mass is 249 g/mol. The Balaban J connectivity index is 2.02. The van der Waals surface area contributed by atoms with Crippen molar-refractivity contribution in [1.29, 1.82) is 0 Å². The summed E-state index contributed by atoms with van der Waals surface area (Å²) in [6.45, 7) is 5.61. The summed E-state index contributed by atoms with van der Waals surface area (Å²) in [4.78, 5) is 18.3. The summed E-state index contributed by atoms with van der Waals surface area (Å²) < 4.78 is 5.34. The fraction of sp³-hybridized carbons (Fsp3) is 0.538. The Morgan fingerprint density at radius 2 is 2.33 bits per heavy atom. The molecule has 18 heavy (non-hydrogen) atoms. The quantitative estimate of drug-likeness (QED) is 0.879. The number of nitrogens with zero attached hydrogens (tertiary/aromatic N) is 2. The molecule has 0 spiro atoms. The van der Waals surface area contributed by atoms with Crippen molar-refractivity contribution in [3.05, 3.63) is 23.9 Å². The van der Waals surface area contributed by atoms with Gasteiger partial charge in [-0.3, -0.25) is 4.79 Å². The highest BCUT2D eigenvalue weighted by Gasteiger charge is 2.17. The highest BCUT2D eigenvalue weighted by molar-refractivity contribution is 5.94. The first kappa shape index (κ1) is 12.8. The minimum atomic E-state index is 0.0380. The van der Waals surface area contributed by atoms with Crippen molar-refractivity contribution in [2.24, 2.45) is 0 Å². The summed E-state index contributed by atoms with van der Waals surface area (Å²) in [5, 5.41) is 3.11. The van der Waals surface area contributed by atoms with Crippen molar-refractivity contribution in [2.45, 2.75) is 13.3 Å². The maximum Gasteiger partial charge on any atom is 0.255 e. The van der Waals surface area contributed by atoms with E-state index in [1.54, 1.807) is 6.20 Å². The van der Waals surface area contributed by atoms with Crippen LogP contribution in [0.25, 0.3) is 0 Å². The number of hydrogen-bond acceptors (Lipinski definition) is 4. The van der Waals surface area contributed by atoms with Crippen LogP contribution in [0.3, 0.4) is 0 Å². The maximum absolute atomic E-state index is 12.2. The zero-order valence-corrected chi connectivity index (χ0v) is 10.7. The van der Waals surface area contributed by atoms with E-state index in [0.29, 0.717) is 18.7 Å². The second-order valence-corrected chi connectivity index (χ2v) is 4.22. The summed E-state index contributed by atoms with van der Waals surface area (Å²) in [5.41, 5.74) is 0.638. The number of pyridine rings is 1. The molecule has 1 fully saturated rings. The van der Waals surface area contributed by atoms with Crippen molar-refractivity contribution >= 4 is 11.7 Å². The number of hydrogen-bond donors (Lipinski definition) is 1. The highest BCUT2D eigenvalue weighted by atomic mass is 16.5. The normalized spacial score (nSPS) is 16.2. The Morgan fingerprint density at radius 3 is 3.06 bits per heavy atom. The molecule has 1 aliphatic rings. The third kappa shape index (κ3) is 3.20. The van der Waals surface area contributed by atoms with Gasteiger partial charge in [0.2, 0.25) is 0 Å². The molecule has 1 saturated heterocycles. The van der Waals surface area contributed by atoms with E-state index in [1.165, 1.54) is 0 Å². The summed E-state index contributed by atoms with van der Waals surface area (Å²) in [7, 11) is 0. The second kappa shape index (κ2) is 6.35. The third-order valence-corrected chi connectivity index (χ3v) is 2.88. The molecule has 2 heterocycles. The predicted molar refractivity (Wildman–Crippen MR) is 69.7 cm³/mol. The van der Waals surface area contributed by atoms with Gasteiger partial charge in [-0.15, -0.1) is 0 Å². The molecule has 0 aromatic carbocycles. The summed E-state index contributed by atoms with van der Waals surface area (Å²) in [6.07, 6.45) is 2.53. The van der Waals surface area contributed by atoms with E-state index in [1.807, 2.05) is 24.0 Å². The fourth-order valence-electron chi connectivity index (χ4n) is 1.94. The highest BCUT2D eigenvalue weighted by Crippen LogP contribution is 2.09. The molecule has 2 rings (SSSR count). The lowest BCUT2D eigenvalue weighted by Crippen LogP contribution is -2.33. The summed E-state index contributed by atoms with van der Waals surface area (Å²) in [5.74, 6) is 0.837. The molecule has 0 bridgehead atoms. The zero-order chi connectivity index (χ0) is 12.8. The van der Waals surface area contributed by atoms with Gasteiger partial charge in [-0.05, 0) is 25.5 Å². The second-order valence-electron chi connectivity index (χ2n) is 4.22. The van der Waals surface area contributed by atoms with Crippen LogP contribution in [-0.4, -0.2) is 48.6 Å².